The van der Waals surface area contributed by atoms with Gasteiger partial charge in [0.1, 0.15) is 5.01 Å². The number of hydrogen-bond donors (Lipinski definition) is 1. The van der Waals surface area contributed by atoms with Gasteiger partial charge in [-0.3, -0.25) is 9.59 Å². The van der Waals surface area contributed by atoms with Crippen LogP contribution < -0.4 is 5.32 Å². The average molecular weight is 405 g/mol. The minimum absolute atomic E-state index is 0.00423. The van der Waals surface area contributed by atoms with E-state index in [1.165, 1.54) is 54.8 Å². The lowest BCUT2D eigenvalue weighted by molar-refractivity contribution is -0.121. The van der Waals surface area contributed by atoms with Crippen molar-refractivity contribution < 1.29 is 9.59 Å². The monoisotopic (exact) mass is 404 g/mol. The van der Waals surface area contributed by atoms with E-state index in [2.05, 4.69) is 15.5 Å². The molecule has 2 aromatic rings. The number of amides is 2. The Morgan fingerprint density at radius 1 is 1.07 bits per heavy atom. The first-order valence-electron chi connectivity index (χ1n) is 9.68. The second kappa shape index (κ2) is 8.48. The maximum atomic E-state index is 12.6. The van der Waals surface area contributed by atoms with E-state index >= 15 is 0 Å². The molecule has 1 saturated carbocycles. The zero-order chi connectivity index (χ0) is 18.6. The highest BCUT2D eigenvalue weighted by molar-refractivity contribution is 7.15. The highest BCUT2D eigenvalue weighted by Crippen LogP contribution is 2.35. The molecule has 0 bridgehead atoms. The number of thiophene rings is 1. The topological polar surface area (TPSA) is 75.2 Å². The van der Waals surface area contributed by atoms with E-state index in [1.807, 2.05) is 22.4 Å². The summed E-state index contributed by atoms with van der Waals surface area (Å²) in [4.78, 5) is 27.6. The molecular formula is C19H24N4O2S2. The Labute approximate surface area is 167 Å². The Balaban J connectivity index is 1.28. The van der Waals surface area contributed by atoms with Crippen molar-refractivity contribution in [1.82, 2.24) is 15.1 Å². The third-order valence-corrected chi connectivity index (χ3v) is 7.37. The summed E-state index contributed by atoms with van der Waals surface area (Å²) in [6.07, 6.45) is 7.57. The van der Waals surface area contributed by atoms with Gasteiger partial charge in [0.2, 0.25) is 11.0 Å². The van der Waals surface area contributed by atoms with Gasteiger partial charge >= 0.3 is 0 Å². The number of nitrogens with one attached hydrogen (secondary N) is 1. The van der Waals surface area contributed by atoms with E-state index in [9.17, 15) is 9.59 Å². The lowest BCUT2D eigenvalue weighted by Crippen LogP contribution is -2.41. The molecule has 0 radical (unpaired) electrons. The second-order valence-electron chi connectivity index (χ2n) is 7.31. The average Bonchev–Trinajstić information content (AvgIpc) is 3.40. The first-order valence-corrected chi connectivity index (χ1v) is 11.4. The summed E-state index contributed by atoms with van der Waals surface area (Å²) in [6, 6.07) is 3.74. The van der Waals surface area contributed by atoms with Crippen LogP contribution >= 0.6 is 22.7 Å². The molecule has 1 aliphatic heterocycles. The molecule has 3 heterocycles. The largest absolute Gasteiger partial charge is 0.338 e. The van der Waals surface area contributed by atoms with Crippen molar-refractivity contribution in [2.24, 2.45) is 5.92 Å². The zero-order valence-electron chi connectivity index (χ0n) is 15.2. The molecule has 0 aromatic carbocycles. The van der Waals surface area contributed by atoms with Gasteiger partial charge in [0.15, 0.2) is 0 Å². The molecule has 0 unspecified atom stereocenters. The second-order valence-corrected chi connectivity index (χ2v) is 9.27. The van der Waals surface area contributed by atoms with Crippen molar-refractivity contribution in [3.05, 3.63) is 27.4 Å². The number of carbonyl (C=O) groups is 2. The Morgan fingerprint density at radius 3 is 2.56 bits per heavy atom. The summed E-state index contributed by atoms with van der Waals surface area (Å²) in [5.74, 6) is 0.516. The molecule has 1 N–H and O–H groups in total. The van der Waals surface area contributed by atoms with Crippen LogP contribution in [-0.2, 0) is 4.79 Å². The Bertz CT molecular complexity index is 775. The fraction of sp³-hybridized carbons (Fsp3) is 0.579. The van der Waals surface area contributed by atoms with Crippen molar-refractivity contribution in [3.63, 3.8) is 0 Å². The molecule has 0 atom stereocenters. The molecule has 27 heavy (non-hydrogen) atoms. The maximum Gasteiger partial charge on any atom is 0.263 e. The molecule has 2 aromatic heterocycles. The molecule has 0 spiro atoms. The zero-order valence-corrected chi connectivity index (χ0v) is 16.9. The van der Waals surface area contributed by atoms with Crippen molar-refractivity contribution in [1.29, 1.82) is 0 Å². The third kappa shape index (κ3) is 4.38. The van der Waals surface area contributed by atoms with Crippen LogP contribution in [0.3, 0.4) is 0 Å². The fourth-order valence-corrected chi connectivity index (χ4v) is 5.51. The third-order valence-electron chi connectivity index (χ3n) is 5.51. The summed E-state index contributed by atoms with van der Waals surface area (Å²) in [5, 5.41) is 15.0. The highest BCUT2D eigenvalue weighted by Gasteiger charge is 2.29. The van der Waals surface area contributed by atoms with Gasteiger partial charge in [-0.25, -0.2) is 0 Å². The SMILES string of the molecule is O=C(Nc1nnc(C2CCCCC2)s1)C1CCN(C(=O)c2cccs2)CC1. The molecular weight excluding hydrogens is 380 g/mol. The van der Waals surface area contributed by atoms with Gasteiger partial charge in [0.05, 0.1) is 4.88 Å². The standard InChI is InChI=1S/C19H24N4O2S2/c24-16(20-19-22-21-17(27-19)14-5-2-1-3-6-14)13-8-10-23(11-9-13)18(25)15-7-4-12-26-15/h4,7,12-14H,1-3,5-6,8-11H2,(H,20,22,24). The van der Waals surface area contributed by atoms with Crippen molar-refractivity contribution in [2.75, 3.05) is 18.4 Å². The molecule has 8 heteroatoms. The molecule has 1 saturated heterocycles. The summed E-state index contributed by atoms with van der Waals surface area (Å²) < 4.78 is 0. The molecule has 6 nitrogen and oxygen atoms in total. The van der Waals surface area contributed by atoms with Crippen LogP contribution in [0.2, 0.25) is 0 Å². The first-order chi connectivity index (χ1) is 13.2. The van der Waals surface area contributed by atoms with Crippen molar-refractivity contribution >= 4 is 39.6 Å². The van der Waals surface area contributed by atoms with E-state index in [4.69, 9.17) is 0 Å². The summed E-state index contributed by atoms with van der Waals surface area (Å²) in [5.41, 5.74) is 0. The number of hydrogen-bond acceptors (Lipinski definition) is 6. The molecule has 144 valence electrons. The van der Waals surface area contributed by atoms with Crippen LogP contribution in [0.15, 0.2) is 17.5 Å². The maximum absolute atomic E-state index is 12.6. The van der Waals surface area contributed by atoms with Crippen LogP contribution in [0.25, 0.3) is 0 Å². The molecule has 2 fully saturated rings. The summed E-state index contributed by atoms with van der Waals surface area (Å²) in [6.45, 7) is 1.25. The molecule has 2 aliphatic rings. The van der Waals surface area contributed by atoms with Gasteiger partial charge in [0, 0.05) is 24.9 Å². The quantitative estimate of drug-likeness (QED) is 0.831. The van der Waals surface area contributed by atoms with E-state index in [0.717, 1.165) is 9.88 Å². The van der Waals surface area contributed by atoms with E-state index < -0.39 is 0 Å². The lowest BCUT2D eigenvalue weighted by Gasteiger charge is -2.30. The molecule has 4 rings (SSSR count). The van der Waals surface area contributed by atoms with Gasteiger partial charge in [0.25, 0.3) is 5.91 Å². The number of aromatic nitrogens is 2. The van der Waals surface area contributed by atoms with Gasteiger partial charge in [-0.1, -0.05) is 36.7 Å². The number of likely N-dealkylation sites (tertiary alicyclic amines) is 1. The van der Waals surface area contributed by atoms with Crippen molar-refractivity contribution in [3.8, 4) is 0 Å². The number of nitrogens with zero attached hydrogens (tertiary/aromatic N) is 3. The van der Waals surface area contributed by atoms with Gasteiger partial charge in [-0.2, -0.15) is 0 Å². The van der Waals surface area contributed by atoms with Crippen LogP contribution in [0.4, 0.5) is 5.13 Å². The van der Waals surface area contributed by atoms with Crippen LogP contribution in [0.1, 0.15) is 65.5 Å². The number of piperidine rings is 1. The van der Waals surface area contributed by atoms with Crippen LogP contribution in [0, 0.1) is 5.92 Å². The minimum atomic E-state index is -0.0700. The number of carbonyl (C=O) groups excluding carboxylic acids is 2. The predicted octanol–water partition coefficient (Wildman–Crippen LogP) is 4.14. The number of anilines is 1. The van der Waals surface area contributed by atoms with Gasteiger partial charge < -0.3 is 10.2 Å². The molecule has 1 aliphatic carbocycles. The Morgan fingerprint density at radius 2 is 1.85 bits per heavy atom. The summed E-state index contributed by atoms with van der Waals surface area (Å²) in [7, 11) is 0. The highest BCUT2D eigenvalue weighted by atomic mass is 32.1. The predicted molar refractivity (Wildman–Crippen MR) is 107 cm³/mol. The van der Waals surface area contributed by atoms with E-state index in [-0.39, 0.29) is 17.7 Å². The Hall–Kier alpha value is -1.80. The summed E-state index contributed by atoms with van der Waals surface area (Å²) >= 11 is 2.98. The van der Waals surface area contributed by atoms with Crippen molar-refractivity contribution in [2.45, 2.75) is 50.9 Å². The van der Waals surface area contributed by atoms with Crippen LogP contribution in [0.5, 0.6) is 0 Å². The van der Waals surface area contributed by atoms with Gasteiger partial charge in [-0.05, 0) is 37.1 Å². The number of rotatable bonds is 4. The first kappa shape index (κ1) is 18.6. The Kier molecular flexibility index (Phi) is 5.83. The lowest BCUT2D eigenvalue weighted by atomic mass is 9.90. The van der Waals surface area contributed by atoms with Gasteiger partial charge in [-0.15, -0.1) is 21.5 Å². The van der Waals surface area contributed by atoms with E-state index in [1.54, 1.807) is 0 Å². The van der Waals surface area contributed by atoms with E-state index in [0.29, 0.717) is 37.0 Å². The minimum Gasteiger partial charge on any atom is -0.338 e. The normalized spacial score (nSPS) is 19.2. The molecule has 2 amide bonds. The fourth-order valence-electron chi connectivity index (χ4n) is 3.91. The van der Waals surface area contributed by atoms with Crippen LogP contribution in [-0.4, -0.2) is 40.0 Å². The smallest absolute Gasteiger partial charge is 0.263 e.